The van der Waals surface area contributed by atoms with E-state index in [2.05, 4.69) is 43.6 Å². The van der Waals surface area contributed by atoms with Crippen LogP contribution in [0.4, 0.5) is 0 Å². The number of hydrogen-bond acceptors (Lipinski definition) is 2. The summed E-state index contributed by atoms with van der Waals surface area (Å²) in [6.45, 7) is 10.3. The summed E-state index contributed by atoms with van der Waals surface area (Å²) in [5.74, 6) is 0. The van der Waals surface area contributed by atoms with Crippen molar-refractivity contribution in [1.82, 2.24) is 16.0 Å². The molecule has 1 radical (unpaired) electrons. The maximum atomic E-state index is 4.53. The van der Waals surface area contributed by atoms with Crippen LogP contribution in [0.15, 0.2) is 0 Å². The number of nitrogens with one attached hydrogen (secondary N) is 2. The summed E-state index contributed by atoms with van der Waals surface area (Å²) in [4.78, 5) is 0. The van der Waals surface area contributed by atoms with Gasteiger partial charge in [0.2, 0.25) is 0 Å². The van der Waals surface area contributed by atoms with Crippen molar-refractivity contribution in [2.24, 2.45) is 0 Å². The molecule has 0 aromatic heterocycles. The molecule has 0 aliphatic heterocycles. The van der Waals surface area contributed by atoms with Crippen LogP contribution in [0.1, 0.15) is 27.7 Å². The van der Waals surface area contributed by atoms with Gasteiger partial charge in [-0.15, -0.1) is 0 Å². The van der Waals surface area contributed by atoms with Crippen LogP contribution in [0.2, 0.25) is 0 Å². The molecule has 0 saturated heterocycles. The molecule has 0 amide bonds. The first-order valence-corrected chi connectivity index (χ1v) is 4.84. The maximum absolute atomic E-state index is 4.53. The van der Waals surface area contributed by atoms with E-state index in [1.165, 1.54) is 0 Å². The Morgan fingerprint density at radius 1 is 0.846 bits per heavy atom. The molecule has 0 atom stereocenters. The van der Waals surface area contributed by atoms with Gasteiger partial charge in [-0.05, 0) is 41.8 Å². The third-order valence-corrected chi connectivity index (χ3v) is 2.37. The highest BCUT2D eigenvalue weighted by atomic mass is 15.0. The summed E-state index contributed by atoms with van der Waals surface area (Å²) in [6, 6.07) is 0. The van der Waals surface area contributed by atoms with Crippen LogP contribution < -0.4 is 16.0 Å². The lowest BCUT2D eigenvalue weighted by Crippen LogP contribution is -2.49. The lowest BCUT2D eigenvalue weighted by atomic mass is 10.0. The molecule has 0 aromatic carbocycles. The minimum Gasteiger partial charge on any atom is -0.313 e. The summed E-state index contributed by atoms with van der Waals surface area (Å²) in [5, 5.41) is 11.0. The maximum Gasteiger partial charge on any atom is 0.0311 e. The quantitative estimate of drug-likeness (QED) is 0.637. The Labute approximate surface area is 82.7 Å². The smallest absolute Gasteiger partial charge is 0.0311 e. The van der Waals surface area contributed by atoms with Gasteiger partial charge in [0.05, 0.1) is 0 Å². The first-order chi connectivity index (χ1) is 5.83. The standard InChI is InChI=1S/C10H24N3/c1-9(2,11-5)7-13-8-10(3,4)12-6/h11-12H,7-8H2,1-6H3. The lowest BCUT2D eigenvalue weighted by Gasteiger charge is -2.28. The second kappa shape index (κ2) is 4.94. The monoisotopic (exact) mass is 186 g/mol. The number of hydrogen-bond donors (Lipinski definition) is 2. The Bertz CT molecular complexity index is 125. The van der Waals surface area contributed by atoms with Crippen molar-refractivity contribution in [3.8, 4) is 0 Å². The minimum atomic E-state index is 0.115. The van der Waals surface area contributed by atoms with Crippen LogP contribution >= 0.6 is 0 Å². The zero-order valence-corrected chi connectivity index (χ0v) is 9.86. The van der Waals surface area contributed by atoms with Crippen molar-refractivity contribution >= 4 is 0 Å². The van der Waals surface area contributed by atoms with Gasteiger partial charge in [-0.2, -0.15) is 0 Å². The molecule has 0 rings (SSSR count). The number of nitrogens with zero attached hydrogens (tertiary/aromatic N) is 1. The normalized spacial score (nSPS) is 13.4. The average molecular weight is 186 g/mol. The van der Waals surface area contributed by atoms with E-state index in [0.717, 1.165) is 13.1 Å². The van der Waals surface area contributed by atoms with Crippen molar-refractivity contribution in [2.45, 2.75) is 38.8 Å². The Hall–Kier alpha value is -0.120. The van der Waals surface area contributed by atoms with Crippen LogP contribution in [-0.2, 0) is 0 Å². The van der Waals surface area contributed by atoms with E-state index in [-0.39, 0.29) is 11.1 Å². The molecule has 13 heavy (non-hydrogen) atoms. The van der Waals surface area contributed by atoms with Gasteiger partial charge in [-0.1, -0.05) is 0 Å². The Kier molecular flexibility index (Phi) is 4.89. The summed E-state index contributed by atoms with van der Waals surface area (Å²) < 4.78 is 0. The molecule has 0 fully saturated rings. The van der Waals surface area contributed by atoms with E-state index in [0.29, 0.717) is 0 Å². The predicted octanol–water partition coefficient (Wildman–Crippen LogP) is 0.587. The van der Waals surface area contributed by atoms with Crippen LogP contribution in [0.5, 0.6) is 0 Å². The summed E-state index contributed by atoms with van der Waals surface area (Å²) in [6.07, 6.45) is 0. The molecule has 0 heterocycles. The Morgan fingerprint density at radius 2 is 1.15 bits per heavy atom. The molecule has 0 spiro atoms. The molecule has 0 aromatic rings. The van der Waals surface area contributed by atoms with Gasteiger partial charge in [-0.25, -0.2) is 5.32 Å². The van der Waals surface area contributed by atoms with E-state index in [1.54, 1.807) is 0 Å². The highest BCUT2D eigenvalue weighted by Gasteiger charge is 2.18. The third-order valence-electron chi connectivity index (χ3n) is 2.37. The van der Waals surface area contributed by atoms with Crippen LogP contribution in [0, 0.1) is 0 Å². The van der Waals surface area contributed by atoms with Crippen LogP contribution in [0.3, 0.4) is 0 Å². The van der Waals surface area contributed by atoms with E-state index >= 15 is 0 Å². The van der Waals surface area contributed by atoms with Crippen molar-refractivity contribution in [2.75, 3.05) is 27.2 Å². The van der Waals surface area contributed by atoms with Gasteiger partial charge >= 0.3 is 0 Å². The molecule has 3 heteroatoms. The minimum absolute atomic E-state index is 0.115. The highest BCUT2D eigenvalue weighted by Crippen LogP contribution is 2.02. The van der Waals surface area contributed by atoms with Crippen LogP contribution in [-0.4, -0.2) is 38.3 Å². The molecular formula is C10H24N3. The summed E-state index contributed by atoms with van der Waals surface area (Å²) >= 11 is 0. The van der Waals surface area contributed by atoms with Crippen molar-refractivity contribution < 1.29 is 0 Å². The zero-order valence-electron chi connectivity index (χ0n) is 9.86. The Morgan fingerprint density at radius 3 is 1.38 bits per heavy atom. The first-order valence-electron chi connectivity index (χ1n) is 4.84. The molecular weight excluding hydrogens is 162 g/mol. The third kappa shape index (κ3) is 6.02. The van der Waals surface area contributed by atoms with Gasteiger partial charge in [0, 0.05) is 24.2 Å². The number of rotatable bonds is 6. The summed E-state index contributed by atoms with van der Waals surface area (Å²) in [5.41, 5.74) is 0.230. The van der Waals surface area contributed by atoms with Crippen molar-refractivity contribution in [1.29, 1.82) is 0 Å². The fourth-order valence-electron chi connectivity index (χ4n) is 0.773. The summed E-state index contributed by atoms with van der Waals surface area (Å²) in [7, 11) is 3.94. The first kappa shape index (κ1) is 12.9. The van der Waals surface area contributed by atoms with Gasteiger partial charge in [0.1, 0.15) is 0 Å². The molecule has 0 saturated carbocycles. The van der Waals surface area contributed by atoms with E-state index in [1.807, 2.05) is 14.1 Å². The second-order valence-corrected chi connectivity index (χ2v) is 4.81. The van der Waals surface area contributed by atoms with E-state index < -0.39 is 0 Å². The zero-order chi connectivity index (χ0) is 10.5. The average Bonchev–Trinajstić information content (AvgIpc) is 2.04. The van der Waals surface area contributed by atoms with Gasteiger partial charge in [0.15, 0.2) is 0 Å². The second-order valence-electron chi connectivity index (χ2n) is 4.81. The molecule has 3 nitrogen and oxygen atoms in total. The van der Waals surface area contributed by atoms with Gasteiger partial charge in [-0.3, -0.25) is 0 Å². The molecule has 79 valence electrons. The van der Waals surface area contributed by atoms with Crippen molar-refractivity contribution in [3.05, 3.63) is 0 Å². The highest BCUT2D eigenvalue weighted by molar-refractivity contribution is 4.82. The SMILES string of the molecule is CNC(C)(C)C[N]CC(C)(C)NC. The molecule has 2 N–H and O–H groups in total. The molecule has 0 aliphatic carbocycles. The number of likely N-dealkylation sites (N-methyl/N-ethyl adjacent to an activating group) is 2. The van der Waals surface area contributed by atoms with E-state index in [9.17, 15) is 0 Å². The van der Waals surface area contributed by atoms with Gasteiger partial charge < -0.3 is 10.6 Å². The fraction of sp³-hybridized carbons (Fsp3) is 1.00. The van der Waals surface area contributed by atoms with Crippen LogP contribution in [0.25, 0.3) is 0 Å². The van der Waals surface area contributed by atoms with E-state index in [4.69, 9.17) is 0 Å². The predicted molar refractivity (Wildman–Crippen MR) is 58.1 cm³/mol. The molecule has 0 aliphatic rings. The van der Waals surface area contributed by atoms with Crippen molar-refractivity contribution in [3.63, 3.8) is 0 Å². The lowest BCUT2D eigenvalue weighted by molar-refractivity contribution is 0.339. The van der Waals surface area contributed by atoms with Gasteiger partial charge in [0.25, 0.3) is 0 Å². The largest absolute Gasteiger partial charge is 0.313 e. The molecule has 0 unspecified atom stereocenters. The molecule has 0 bridgehead atoms. The topological polar surface area (TPSA) is 38.2 Å². The Balaban J connectivity index is 3.68. The fourth-order valence-corrected chi connectivity index (χ4v) is 0.773.